The van der Waals surface area contributed by atoms with Gasteiger partial charge in [0.2, 0.25) is 0 Å². The molecule has 19 heteroatoms. The summed E-state index contributed by atoms with van der Waals surface area (Å²) >= 11 is 6.63. The maximum absolute atomic E-state index is 17.6. The van der Waals surface area contributed by atoms with Crippen molar-refractivity contribution in [1.29, 1.82) is 5.26 Å². The van der Waals surface area contributed by atoms with Gasteiger partial charge in [-0.15, -0.1) is 0 Å². The van der Waals surface area contributed by atoms with Crippen LogP contribution in [0.5, 0.6) is 6.01 Å². The molecule has 7 rings (SSSR count). The first-order valence-corrected chi connectivity index (χ1v) is 24.8. The topological polar surface area (TPSA) is 168 Å². The van der Waals surface area contributed by atoms with Gasteiger partial charge >= 0.3 is 260 Å². The van der Waals surface area contributed by atoms with Crippen LogP contribution >= 0.6 is 22.9 Å². The number of aromatic nitrogens is 2. The Morgan fingerprint density at radius 2 is 1.72 bits per heavy atom. The molecule has 3 saturated heterocycles. The van der Waals surface area contributed by atoms with E-state index >= 15 is 8.78 Å². The molecular formula is C45H53AuClF2N6O8S. The molecule has 0 spiro atoms. The van der Waals surface area contributed by atoms with Crippen LogP contribution in [0.15, 0.2) is 18.2 Å². The number of piperazine rings is 1. The standard InChI is InChI=1S/C40H44ClF2N6O6S.C5H9O2.Au/c1-40(2,3)55-39(52)49-24-9-10-25(49)20-48(19-24)37-28-17-29(41)33(27-11-12-30(42)36-32(27)23(18-44)22-56-36)34(43)35(28)45-38(46-37)54-21-26-7-4-13-47(26)14-6-16-53-15-5-8-31(50)51;1-5(2,3)7-4-6;/h11-12,17,24-26H,4-10,13-16,19-21H2,1-3H3,(H,50,51);1-3H3;/t24?,25?,26-;;/m0../s1. The van der Waals surface area contributed by atoms with Crippen molar-refractivity contribution in [3.8, 4) is 23.2 Å². The number of fused-ring (bicyclic) bond motifs is 4. The Morgan fingerprint density at radius 1 is 1.02 bits per heavy atom. The third-order valence-corrected chi connectivity index (χ3v) is 15.3. The molecule has 3 aliphatic heterocycles. The number of carbonyl (C=O) groups excluding carboxylic acids is 2. The first kappa shape index (κ1) is 47.8. The van der Waals surface area contributed by atoms with Gasteiger partial charge in [-0.25, -0.2) is 4.79 Å². The second-order valence-electron chi connectivity index (χ2n) is 18.2. The zero-order valence-electron chi connectivity index (χ0n) is 36.7. The molecule has 14 nitrogen and oxygen atoms in total. The Hall–Kier alpha value is -4.15. The number of ether oxygens (including phenoxy) is 4. The van der Waals surface area contributed by atoms with Gasteiger partial charge in [-0.05, 0) is 65.8 Å². The van der Waals surface area contributed by atoms with Gasteiger partial charge in [0.15, 0.2) is 0 Å². The molecule has 0 radical (unpaired) electrons. The van der Waals surface area contributed by atoms with Crippen LogP contribution in [0.2, 0.25) is 5.02 Å². The number of rotatable bonds is 15. The average molecular weight is 1110 g/mol. The molecule has 2 unspecified atom stereocenters. The number of nitrogens with zero attached hydrogens (tertiary/aromatic N) is 6. The number of amides is 1. The van der Waals surface area contributed by atoms with Crippen molar-refractivity contribution in [2.24, 2.45) is 0 Å². The molecule has 2 bridgehead atoms. The van der Waals surface area contributed by atoms with E-state index in [1.54, 1.807) is 31.7 Å². The molecular weight excluding hydrogens is 1060 g/mol. The Kier molecular flexibility index (Phi) is 14.8. The minimum atomic E-state index is -1.39. The van der Waals surface area contributed by atoms with Crippen molar-refractivity contribution in [2.75, 3.05) is 50.9 Å². The fraction of sp³-hybridized carbons (Fsp3) is 0.556. The van der Waals surface area contributed by atoms with Gasteiger partial charge in [-0.3, -0.25) is 14.6 Å². The van der Waals surface area contributed by atoms with E-state index < -0.39 is 52.7 Å². The summed E-state index contributed by atoms with van der Waals surface area (Å²) < 4.78 is 56.5. The van der Waals surface area contributed by atoms with Crippen molar-refractivity contribution >= 4 is 69.1 Å². The molecule has 0 saturated carbocycles. The fourth-order valence-corrected chi connectivity index (χ4v) is 13.0. The number of thiophene rings is 1. The van der Waals surface area contributed by atoms with E-state index in [0.717, 1.165) is 56.5 Å². The number of benzene rings is 2. The molecule has 3 fully saturated rings. The van der Waals surface area contributed by atoms with Gasteiger partial charge in [0.1, 0.15) is 5.60 Å². The average Bonchev–Trinajstić information content (AvgIpc) is 3.89. The minimum absolute atomic E-state index is 0.0170. The van der Waals surface area contributed by atoms with Crippen LogP contribution in [0.3, 0.4) is 0 Å². The molecule has 1 amide bonds. The van der Waals surface area contributed by atoms with Crippen molar-refractivity contribution < 1.29 is 67.0 Å². The number of likely N-dealkylation sites (tertiary alicyclic amines) is 1. The molecule has 64 heavy (non-hydrogen) atoms. The van der Waals surface area contributed by atoms with Crippen LogP contribution in [0.25, 0.3) is 32.1 Å². The quantitative estimate of drug-likeness (QED) is 0.0888. The van der Waals surface area contributed by atoms with Gasteiger partial charge in [-0.1, -0.05) is 0 Å². The summed E-state index contributed by atoms with van der Waals surface area (Å²) in [4.78, 5) is 52.8. The Balaban J connectivity index is 1.24. The molecule has 5 heterocycles. The van der Waals surface area contributed by atoms with Gasteiger partial charge in [-0.2, -0.15) is 0 Å². The van der Waals surface area contributed by atoms with Crippen LogP contribution in [-0.2, 0) is 38.8 Å². The molecule has 3 aliphatic rings. The second kappa shape index (κ2) is 19.8. The van der Waals surface area contributed by atoms with E-state index in [1.807, 2.05) is 25.7 Å². The van der Waals surface area contributed by atoms with Gasteiger partial charge < -0.3 is 14.6 Å². The van der Waals surface area contributed by atoms with Crippen LogP contribution in [0.4, 0.5) is 24.2 Å². The molecule has 0 aliphatic carbocycles. The van der Waals surface area contributed by atoms with E-state index in [9.17, 15) is 19.6 Å². The first-order valence-electron chi connectivity index (χ1n) is 21.4. The number of halogens is 3. The van der Waals surface area contributed by atoms with E-state index in [4.69, 9.17) is 40.6 Å². The summed E-state index contributed by atoms with van der Waals surface area (Å²) in [6.07, 6.45) is 4.22. The maximum atomic E-state index is 17.6. The van der Waals surface area contributed by atoms with E-state index in [0.29, 0.717) is 47.0 Å². The van der Waals surface area contributed by atoms with Crippen molar-refractivity contribution in [1.82, 2.24) is 19.8 Å². The zero-order valence-corrected chi connectivity index (χ0v) is 40.4. The summed E-state index contributed by atoms with van der Waals surface area (Å²) in [6, 6.07) is 5.91. The number of anilines is 1. The van der Waals surface area contributed by atoms with Crippen molar-refractivity contribution in [3.05, 3.63) is 40.4 Å². The number of aliphatic carboxylic acids is 1. The first-order chi connectivity index (χ1) is 30.3. The van der Waals surface area contributed by atoms with Gasteiger partial charge in [0, 0.05) is 26.2 Å². The summed E-state index contributed by atoms with van der Waals surface area (Å²) in [6.45, 7) is 14.2. The number of carboxylic acid groups (broad SMARTS) is 1. The monoisotopic (exact) mass is 1110 g/mol. The number of carboxylic acids is 1. The molecule has 2 aromatic carbocycles. The number of hydrogen-bond acceptors (Lipinski definition) is 13. The molecule has 2 aromatic heterocycles. The van der Waals surface area contributed by atoms with Gasteiger partial charge in [0.05, 0.1) is 0 Å². The summed E-state index contributed by atoms with van der Waals surface area (Å²) in [5.74, 6) is -1.90. The van der Waals surface area contributed by atoms with Crippen molar-refractivity contribution in [3.63, 3.8) is 0 Å². The van der Waals surface area contributed by atoms with Crippen LogP contribution in [-0.4, -0.2) is 116 Å². The molecule has 4 aromatic rings. The molecule has 3 atom stereocenters. The third-order valence-electron chi connectivity index (χ3n) is 11.2. The number of nitriles is 1. The predicted molar refractivity (Wildman–Crippen MR) is 235 cm³/mol. The van der Waals surface area contributed by atoms with Crippen LogP contribution < -0.4 is 12.7 Å². The summed E-state index contributed by atoms with van der Waals surface area (Å²) in [5, 5.41) is 19.8. The third kappa shape index (κ3) is 10.9. The Morgan fingerprint density at radius 3 is 2.39 bits per heavy atom. The Bertz CT molecular complexity index is 2460. The van der Waals surface area contributed by atoms with E-state index in [-0.39, 0.29) is 80.6 Å². The van der Waals surface area contributed by atoms with Crippen molar-refractivity contribution in [2.45, 2.75) is 116 Å². The normalized spacial score (nSPS) is 19.2. The molecule has 349 valence electrons. The summed E-state index contributed by atoms with van der Waals surface area (Å²) in [7, 11) is 0. The van der Waals surface area contributed by atoms with Crippen LogP contribution in [0, 0.1) is 23.0 Å². The second-order valence-corrected chi connectivity index (χ2v) is 22.8. The predicted octanol–water partition coefficient (Wildman–Crippen LogP) is 8.66. The summed E-state index contributed by atoms with van der Waals surface area (Å²) in [5.41, 5.74) is -1.38. The van der Waals surface area contributed by atoms with Crippen LogP contribution in [0.1, 0.15) is 92.1 Å². The fourth-order valence-electron chi connectivity index (χ4n) is 8.52. The Labute approximate surface area is 389 Å². The SMILES string of the molecule is CC(C)(C)O[C](=O)[Au][c]1sc2c(F)ccc(-c3c(Cl)cc4c(N5CC6CCC(C5)N6C(=O)OC(C)(C)C)nc(OC[C@@H]5CCCN5CCCOCCCC(=O)O)nc4c3F)c2c1C#N. The zero-order chi connectivity index (χ0) is 46.1. The number of hydrogen-bond donors (Lipinski definition) is 1. The van der Waals surface area contributed by atoms with E-state index in [2.05, 4.69) is 16.0 Å². The molecule has 1 N–H and O–H groups in total. The number of carbonyl (C=O) groups is 3. The van der Waals surface area contributed by atoms with E-state index in [1.165, 1.54) is 12.1 Å². The van der Waals surface area contributed by atoms with Gasteiger partial charge in [0.25, 0.3) is 0 Å².